The van der Waals surface area contributed by atoms with Crippen LogP contribution in [0.15, 0.2) is 18.2 Å². The zero-order valence-corrected chi connectivity index (χ0v) is 9.49. The summed E-state index contributed by atoms with van der Waals surface area (Å²) < 4.78 is 17.7. The molecule has 0 heterocycles. The summed E-state index contributed by atoms with van der Waals surface area (Å²) >= 11 is 0. The SMILES string of the molecule is COc1cc(F)ccc1NC(=O)C(=O)NCC#N. The number of nitriles is 1. The number of anilines is 1. The molecule has 1 rings (SSSR count). The molecule has 0 aliphatic carbocycles. The molecule has 18 heavy (non-hydrogen) atoms. The van der Waals surface area contributed by atoms with E-state index in [0.717, 1.165) is 12.1 Å². The molecule has 0 saturated heterocycles. The Balaban J connectivity index is 2.76. The lowest BCUT2D eigenvalue weighted by molar-refractivity contribution is -0.136. The lowest BCUT2D eigenvalue weighted by Gasteiger charge is -2.09. The van der Waals surface area contributed by atoms with Gasteiger partial charge in [-0.2, -0.15) is 5.26 Å². The molecule has 0 unspecified atom stereocenters. The topological polar surface area (TPSA) is 91.2 Å². The maximum atomic E-state index is 12.9. The Morgan fingerprint density at radius 3 is 2.78 bits per heavy atom. The van der Waals surface area contributed by atoms with E-state index in [1.807, 2.05) is 0 Å². The van der Waals surface area contributed by atoms with Crippen LogP contribution in [0.2, 0.25) is 0 Å². The summed E-state index contributed by atoms with van der Waals surface area (Å²) in [7, 11) is 1.31. The molecule has 6 nitrogen and oxygen atoms in total. The Hall–Kier alpha value is -2.62. The minimum atomic E-state index is -0.963. The smallest absolute Gasteiger partial charge is 0.313 e. The van der Waals surface area contributed by atoms with Crippen LogP contribution in [0.1, 0.15) is 0 Å². The summed E-state index contributed by atoms with van der Waals surface area (Å²) in [5.74, 6) is -2.35. The number of methoxy groups -OCH3 is 1. The van der Waals surface area contributed by atoms with E-state index in [-0.39, 0.29) is 18.0 Å². The van der Waals surface area contributed by atoms with E-state index in [4.69, 9.17) is 10.00 Å². The third-order valence-corrected chi connectivity index (χ3v) is 1.95. The van der Waals surface area contributed by atoms with E-state index in [1.165, 1.54) is 13.2 Å². The van der Waals surface area contributed by atoms with E-state index < -0.39 is 17.6 Å². The number of rotatable bonds is 3. The number of hydrogen-bond donors (Lipinski definition) is 2. The van der Waals surface area contributed by atoms with Crippen molar-refractivity contribution in [1.29, 1.82) is 5.26 Å². The Kier molecular flexibility index (Phi) is 4.63. The lowest BCUT2D eigenvalue weighted by Crippen LogP contribution is -2.35. The molecule has 7 heteroatoms. The maximum Gasteiger partial charge on any atom is 0.313 e. The molecule has 2 amide bonds. The Labute approximate surface area is 102 Å². The van der Waals surface area contributed by atoms with Crippen molar-refractivity contribution in [2.24, 2.45) is 0 Å². The third-order valence-electron chi connectivity index (χ3n) is 1.95. The zero-order chi connectivity index (χ0) is 13.5. The third kappa shape index (κ3) is 3.45. The van der Waals surface area contributed by atoms with Gasteiger partial charge in [-0.05, 0) is 12.1 Å². The summed E-state index contributed by atoms with van der Waals surface area (Å²) in [6, 6.07) is 5.12. The van der Waals surface area contributed by atoms with Gasteiger partial charge in [-0.1, -0.05) is 0 Å². The minimum absolute atomic E-state index is 0.0939. The number of carbonyl (C=O) groups is 2. The first-order valence-corrected chi connectivity index (χ1v) is 4.88. The molecule has 0 atom stereocenters. The maximum absolute atomic E-state index is 12.9. The van der Waals surface area contributed by atoms with Crippen LogP contribution < -0.4 is 15.4 Å². The number of nitrogens with one attached hydrogen (secondary N) is 2. The lowest BCUT2D eigenvalue weighted by atomic mass is 10.2. The molecular weight excluding hydrogens is 241 g/mol. The number of nitrogens with zero attached hydrogens (tertiary/aromatic N) is 1. The second-order valence-corrected chi connectivity index (χ2v) is 3.14. The molecular formula is C11H10FN3O3. The quantitative estimate of drug-likeness (QED) is 0.601. The van der Waals surface area contributed by atoms with E-state index in [9.17, 15) is 14.0 Å². The van der Waals surface area contributed by atoms with Gasteiger partial charge in [0.25, 0.3) is 0 Å². The fourth-order valence-electron chi connectivity index (χ4n) is 1.15. The molecule has 1 aromatic rings. The molecule has 0 aromatic heterocycles. The van der Waals surface area contributed by atoms with Gasteiger partial charge in [-0.15, -0.1) is 0 Å². The van der Waals surface area contributed by atoms with Gasteiger partial charge in [0.05, 0.1) is 18.9 Å². The van der Waals surface area contributed by atoms with Crippen molar-refractivity contribution in [1.82, 2.24) is 5.32 Å². The highest BCUT2D eigenvalue weighted by atomic mass is 19.1. The molecule has 2 N–H and O–H groups in total. The molecule has 0 aliphatic heterocycles. The van der Waals surface area contributed by atoms with Crippen molar-refractivity contribution in [2.75, 3.05) is 19.0 Å². The highest BCUT2D eigenvalue weighted by Crippen LogP contribution is 2.24. The van der Waals surface area contributed by atoms with Crippen LogP contribution in [0.4, 0.5) is 10.1 Å². The average Bonchev–Trinajstić information content (AvgIpc) is 2.37. The number of ether oxygens (including phenoxy) is 1. The van der Waals surface area contributed by atoms with Gasteiger partial charge in [-0.25, -0.2) is 4.39 Å². The zero-order valence-electron chi connectivity index (χ0n) is 9.49. The van der Waals surface area contributed by atoms with Crippen LogP contribution in [0.5, 0.6) is 5.75 Å². The van der Waals surface area contributed by atoms with Crippen LogP contribution in [0, 0.1) is 17.1 Å². The largest absolute Gasteiger partial charge is 0.494 e. The van der Waals surface area contributed by atoms with Gasteiger partial charge in [0.2, 0.25) is 0 Å². The van der Waals surface area contributed by atoms with Crippen molar-refractivity contribution in [3.05, 3.63) is 24.0 Å². The summed E-state index contributed by atoms with van der Waals surface area (Å²) in [6.45, 7) is -0.271. The monoisotopic (exact) mass is 251 g/mol. The van der Waals surface area contributed by atoms with Crippen molar-refractivity contribution in [2.45, 2.75) is 0 Å². The first-order chi connectivity index (χ1) is 8.58. The number of hydrogen-bond acceptors (Lipinski definition) is 4. The predicted molar refractivity (Wildman–Crippen MR) is 60.2 cm³/mol. The fourth-order valence-corrected chi connectivity index (χ4v) is 1.15. The van der Waals surface area contributed by atoms with Crippen molar-refractivity contribution in [3.63, 3.8) is 0 Å². The van der Waals surface area contributed by atoms with Gasteiger partial charge in [-0.3, -0.25) is 9.59 Å². The van der Waals surface area contributed by atoms with Gasteiger partial charge < -0.3 is 15.4 Å². The van der Waals surface area contributed by atoms with Gasteiger partial charge in [0.15, 0.2) is 0 Å². The summed E-state index contributed by atoms with van der Waals surface area (Å²) in [5, 5.41) is 12.6. The molecule has 94 valence electrons. The molecule has 0 bridgehead atoms. The first-order valence-electron chi connectivity index (χ1n) is 4.88. The van der Waals surface area contributed by atoms with Gasteiger partial charge >= 0.3 is 11.8 Å². The van der Waals surface area contributed by atoms with E-state index in [2.05, 4.69) is 10.6 Å². The van der Waals surface area contributed by atoms with Gasteiger partial charge in [0, 0.05) is 6.07 Å². The van der Waals surface area contributed by atoms with Crippen molar-refractivity contribution >= 4 is 17.5 Å². The second kappa shape index (κ2) is 6.20. The summed E-state index contributed by atoms with van der Waals surface area (Å²) in [5.41, 5.74) is 0.163. The Bertz CT molecular complexity index is 511. The normalized spacial score (nSPS) is 9.17. The number of amides is 2. The molecule has 0 spiro atoms. The number of benzene rings is 1. The van der Waals surface area contributed by atoms with Gasteiger partial charge in [0.1, 0.15) is 18.1 Å². The van der Waals surface area contributed by atoms with Crippen LogP contribution in [-0.4, -0.2) is 25.5 Å². The predicted octanol–water partition coefficient (Wildman–Crippen LogP) is 0.413. The highest BCUT2D eigenvalue weighted by Gasteiger charge is 2.15. The highest BCUT2D eigenvalue weighted by molar-refractivity contribution is 6.39. The molecule has 0 fully saturated rings. The number of carbonyl (C=O) groups excluding carboxylic acids is 2. The van der Waals surface area contributed by atoms with Crippen LogP contribution >= 0.6 is 0 Å². The Morgan fingerprint density at radius 2 is 2.17 bits per heavy atom. The fraction of sp³-hybridized carbons (Fsp3) is 0.182. The van der Waals surface area contributed by atoms with Crippen LogP contribution in [-0.2, 0) is 9.59 Å². The summed E-state index contributed by atoms with van der Waals surface area (Å²) in [4.78, 5) is 22.6. The van der Waals surface area contributed by atoms with Crippen molar-refractivity contribution in [3.8, 4) is 11.8 Å². The first kappa shape index (κ1) is 13.4. The van der Waals surface area contributed by atoms with Crippen LogP contribution in [0.3, 0.4) is 0 Å². The van der Waals surface area contributed by atoms with Crippen molar-refractivity contribution < 1.29 is 18.7 Å². The Morgan fingerprint density at radius 1 is 1.44 bits per heavy atom. The average molecular weight is 251 g/mol. The minimum Gasteiger partial charge on any atom is -0.494 e. The summed E-state index contributed by atoms with van der Waals surface area (Å²) in [6.07, 6.45) is 0. The molecule has 1 aromatic carbocycles. The standard InChI is InChI=1S/C11H10FN3O3/c1-18-9-6-7(12)2-3-8(9)15-11(17)10(16)14-5-4-13/h2-3,6H,5H2,1H3,(H,14,16)(H,15,17). The number of halogens is 1. The second-order valence-electron chi connectivity index (χ2n) is 3.14. The molecule has 0 aliphatic rings. The van der Waals surface area contributed by atoms with E-state index in [0.29, 0.717) is 0 Å². The van der Waals surface area contributed by atoms with Crippen LogP contribution in [0.25, 0.3) is 0 Å². The molecule has 0 radical (unpaired) electrons. The van der Waals surface area contributed by atoms with E-state index >= 15 is 0 Å². The van der Waals surface area contributed by atoms with E-state index in [1.54, 1.807) is 6.07 Å². The molecule has 0 saturated carbocycles.